The molecule has 0 aliphatic heterocycles. The minimum atomic E-state index is 0. The van der Waals surface area contributed by atoms with Gasteiger partial charge in [-0.3, -0.25) is 5.10 Å². The Morgan fingerprint density at radius 1 is 1.19 bits per heavy atom. The van der Waals surface area contributed by atoms with Crippen LogP contribution in [0.15, 0.2) is 36.5 Å². The predicted octanol–water partition coefficient (Wildman–Crippen LogP) is 2.64. The van der Waals surface area contributed by atoms with Crippen LogP contribution in [0.25, 0.3) is 11.3 Å². The van der Waals surface area contributed by atoms with E-state index < -0.39 is 0 Å². The Balaban J connectivity index is 0.00000112. The van der Waals surface area contributed by atoms with Crippen LogP contribution in [0, 0.1) is 0 Å². The maximum Gasteiger partial charge on any atom is 0.0695 e. The van der Waals surface area contributed by atoms with E-state index in [2.05, 4.69) is 27.6 Å². The van der Waals surface area contributed by atoms with Crippen LogP contribution < -0.4 is 5.32 Å². The summed E-state index contributed by atoms with van der Waals surface area (Å²) in [6.07, 6.45) is 1.86. The Morgan fingerprint density at radius 3 is 2.50 bits per heavy atom. The van der Waals surface area contributed by atoms with Crippen LogP contribution in [-0.2, 0) is 6.54 Å². The van der Waals surface area contributed by atoms with Crippen molar-refractivity contribution in [3.05, 3.63) is 42.1 Å². The number of aromatic nitrogens is 2. The quantitative estimate of drug-likeness (QED) is 0.890. The summed E-state index contributed by atoms with van der Waals surface area (Å²) in [5.74, 6) is 0. The second-order valence-corrected chi connectivity index (χ2v) is 3.17. The second kappa shape index (κ2) is 7.28. The first-order valence-corrected chi connectivity index (χ1v) is 4.64. The van der Waals surface area contributed by atoms with Crippen molar-refractivity contribution in [1.82, 2.24) is 15.5 Å². The minimum Gasteiger partial charge on any atom is -0.316 e. The monoisotopic (exact) mass is 259 g/mol. The van der Waals surface area contributed by atoms with Crippen molar-refractivity contribution >= 4 is 24.8 Å². The number of halogens is 2. The van der Waals surface area contributed by atoms with Gasteiger partial charge in [-0.05, 0) is 12.6 Å². The fraction of sp³-hybridized carbons (Fsp3) is 0.182. The van der Waals surface area contributed by atoms with Crippen molar-refractivity contribution < 1.29 is 0 Å². The molecular formula is C11H15Cl2N3. The molecule has 88 valence electrons. The highest BCUT2D eigenvalue weighted by atomic mass is 35.5. The van der Waals surface area contributed by atoms with Gasteiger partial charge in [0.05, 0.1) is 11.9 Å². The molecule has 0 amide bonds. The van der Waals surface area contributed by atoms with Gasteiger partial charge in [0.15, 0.2) is 0 Å². The second-order valence-electron chi connectivity index (χ2n) is 3.17. The molecule has 1 aromatic heterocycles. The third-order valence-electron chi connectivity index (χ3n) is 2.15. The van der Waals surface area contributed by atoms with Gasteiger partial charge in [0.25, 0.3) is 0 Å². The largest absolute Gasteiger partial charge is 0.316 e. The van der Waals surface area contributed by atoms with E-state index in [4.69, 9.17) is 0 Å². The van der Waals surface area contributed by atoms with Gasteiger partial charge in [-0.1, -0.05) is 30.3 Å². The summed E-state index contributed by atoms with van der Waals surface area (Å²) >= 11 is 0. The van der Waals surface area contributed by atoms with Crippen LogP contribution in [0.4, 0.5) is 0 Å². The lowest BCUT2D eigenvalue weighted by Gasteiger charge is -2.01. The molecule has 0 aliphatic carbocycles. The minimum absolute atomic E-state index is 0. The van der Waals surface area contributed by atoms with Crippen molar-refractivity contribution in [3.8, 4) is 11.3 Å². The van der Waals surface area contributed by atoms with E-state index in [1.165, 1.54) is 11.1 Å². The summed E-state index contributed by atoms with van der Waals surface area (Å²) in [6.45, 7) is 0.834. The summed E-state index contributed by atoms with van der Waals surface area (Å²) in [4.78, 5) is 0. The van der Waals surface area contributed by atoms with Crippen LogP contribution in [0.5, 0.6) is 0 Å². The Hall–Kier alpha value is -1.03. The molecule has 1 heterocycles. The Morgan fingerprint density at radius 2 is 1.88 bits per heavy atom. The lowest BCUT2D eigenvalue weighted by Crippen LogP contribution is -2.05. The zero-order valence-corrected chi connectivity index (χ0v) is 10.6. The van der Waals surface area contributed by atoms with Crippen molar-refractivity contribution in [1.29, 1.82) is 0 Å². The number of nitrogens with one attached hydrogen (secondary N) is 2. The molecule has 2 aromatic rings. The molecular weight excluding hydrogens is 245 g/mol. The molecule has 2 rings (SSSR count). The molecule has 0 unspecified atom stereocenters. The first-order chi connectivity index (χ1) is 6.92. The molecule has 0 radical (unpaired) electrons. The maximum atomic E-state index is 4.05. The van der Waals surface area contributed by atoms with Gasteiger partial charge < -0.3 is 5.32 Å². The molecule has 3 nitrogen and oxygen atoms in total. The van der Waals surface area contributed by atoms with Crippen molar-refractivity contribution in [3.63, 3.8) is 0 Å². The van der Waals surface area contributed by atoms with Gasteiger partial charge in [0.1, 0.15) is 0 Å². The third kappa shape index (κ3) is 3.23. The summed E-state index contributed by atoms with van der Waals surface area (Å²) in [5.41, 5.74) is 3.47. The van der Waals surface area contributed by atoms with Gasteiger partial charge in [0.2, 0.25) is 0 Å². The molecule has 16 heavy (non-hydrogen) atoms. The van der Waals surface area contributed by atoms with E-state index in [9.17, 15) is 0 Å². The van der Waals surface area contributed by atoms with E-state index in [1.807, 2.05) is 31.4 Å². The normalized spacial score (nSPS) is 9.06. The van der Waals surface area contributed by atoms with Gasteiger partial charge in [-0.15, -0.1) is 24.8 Å². The number of hydrogen-bond acceptors (Lipinski definition) is 2. The van der Waals surface area contributed by atoms with Crippen LogP contribution in [0.1, 0.15) is 5.56 Å². The van der Waals surface area contributed by atoms with Gasteiger partial charge >= 0.3 is 0 Å². The number of benzene rings is 1. The van der Waals surface area contributed by atoms with Gasteiger partial charge in [0, 0.05) is 12.1 Å². The lowest BCUT2D eigenvalue weighted by atomic mass is 10.1. The van der Waals surface area contributed by atoms with E-state index >= 15 is 0 Å². The average Bonchev–Trinajstić information content (AvgIpc) is 2.68. The zero-order valence-electron chi connectivity index (χ0n) is 8.93. The van der Waals surface area contributed by atoms with E-state index in [0.717, 1.165) is 12.2 Å². The van der Waals surface area contributed by atoms with Crippen LogP contribution in [0.3, 0.4) is 0 Å². The molecule has 1 aromatic carbocycles. The SMILES string of the molecule is CNCc1cn[nH]c1-c1ccccc1.Cl.Cl. The first kappa shape index (κ1) is 15.0. The molecule has 0 saturated heterocycles. The first-order valence-electron chi connectivity index (χ1n) is 4.64. The van der Waals surface area contributed by atoms with Crippen LogP contribution in [0.2, 0.25) is 0 Å². The van der Waals surface area contributed by atoms with E-state index in [0.29, 0.717) is 0 Å². The molecule has 0 saturated carbocycles. The Kier molecular flexibility index (Phi) is 6.81. The predicted molar refractivity (Wildman–Crippen MR) is 71.3 cm³/mol. The van der Waals surface area contributed by atoms with Crippen molar-refractivity contribution in [2.24, 2.45) is 0 Å². The molecule has 5 heteroatoms. The lowest BCUT2D eigenvalue weighted by molar-refractivity contribution is 0.820. The number of hydrogen-bond donors (Lipinski definition) is 2. The maximum absolute atomic E-state index is 4.05. The number of rotatable bonds is 3. The Bertz CT molecular complexity index is 401. The zero-order chi connectivity index (χ0) is 9.80. The van der Waals surface area contributed by atoms with Crippen LogP contribution >= 0.6 is 24.8 Å². The molecule has 0 bridgehead atoms. The highest BCUT2D eigenvalue weighted by molar-refractivity contribution is 5.85. The fourth-order valence-corrected chi connectivity index (χ4v) is 1.49. The number of nitrogens with zero attached hydrogens (tertiary/aromatic N) is 1. The molecule has 0 atom stereocenters. The van der Waals surface area contributed by atoms with Crippen LogP contribution in [-0.4, -0.2) is 17.2 Å². The Labute approximate surface area is 107 Å². The summed E-state index contributed by atoms with van der Waals surface area (Å²) < 4.78 is 0. The number of H-pyrrole nitrogens is 1. The highest BCUT2D eigenvalue weighted by Crippen LogP contribution is 2.19. The van der Waals surface area contributed by atoms with Crippen molar-refractivity contribution in [2.45, 2.75) is 6.54 Å². The summed E-state index contributed by atoms with van der Waals surface area (Å²) in [7, 11) is 1.93. The molecule has 2 N–H and O–H groups in total. The smallest absolute Gasteiger partial charge is 0.0695 e. The fourth-order valence-electron chi connectivity index (χ4n) is 1.49. The molecule has 0 fully saturated rings. The standard InChI is InChI=1S/C11H13N3.2ClH/c1-12-7-10-8-13-14-11(10)9-5-3-2-4-6-9;;/h2-6,8,12H,7H2,1H3,(H,13,14);2*1H. The van der Waals surface area contributed by atoms with Gasteiger partial charge in [-0.25, -0.2) is 0 Å². The average molecular weight is 260 g/mol. The number of aromatic amines is 1. The topological polar surface area (TPSA) is 40.7 Å². The van der Waals surface area contributed by atoms with E-state index in [1.54, 1.807) is 0 Å². The van der Waals surface area contributed by atoms with E-state index in [-0.39, 0.29) is 24.8 Å². The molecule has 0 spiro atoms. The van der Waals surface area contributed by atoms with Crippen molar-refractivity contribution in [2.75, 3.05) is 7.05 Å². The van der Waals surface area contributed by atoms with Gasteiger partial charge in [-0.2, -0.15) is 5.10 Å². The highest BCUT2D eigenvalue weighted by Gasteiger charge is 2.05. The molecule has 0 aliphatic rings. The summed E-state index contributed by atoms with van der Waals surface area (Å²) in [5, 5.41) is 10.2. The summed E-state index contributed by atoms with van der Waals surface area (Å²) in [6, 6.07) is 10.2. The third-order valence-corrected chi connectivity index (χ3v) is 2.15.